The van der Waals surface area contributed by atoms with Crippen molar-refractivity contribution in [1.29, 1.82) is 0 Å². The van der Waals surface area contributed by atoms with Gasteiger partial charge in [-0.1, -0.05) is 19.0 Å². The van der Waals surface area contributed by atoms with Gasteiger partial charge in [0.1, 0.15) is 11.8 Å². The monoisotopic (exact) mass is 280 g/mol. The SMILES string of the molecule is COC(=O)[C@H](CC(C)C)NC(=O)c1cc(C2CC2)on1. The maximum Gasteiger partial charge on any atom is 0.328 e. The third kappa shape index (κ3) is 3.59. The van der Waals surface area contributed by atoms with Gasteiger partial charge >= 0.3 is 5.97 Å². The minimum absolute atomic E-state index is 0.213. The number of amides is 1. The number of carbonyl (C=O) groups is 2. The molecule has 1 heterocycles. The minimum Gasteiger partial charge on any atom is -0.467 e. The lowest BCUT2D eigenvalue weighted by molar-refractivity contribution is -0.143. The standard InChI is InChI=1S/C14H20N2O4/c1-8(2)6-11(14(18)19-3)15-13(17)10-7-12(20-16-10)9-4-5-9/h7-9,11H,4-6H2,1-3H3,(H,15,17)/t11-/m0/s1. The quantitative estimate of drug-likeness (QED) is 0.804. The van der Waals surface area contributed by atoms with E-state index in [0.29, 0.717) is 12.3 Å². The summed E-state index contributed by atoms with van der Waals surface area (Å²) in [5, 5.41) is 6.41. The smallest absolute Gasteiger partial charge is 0.328 e. The van der Waals surface area contributed by atoms with Crippen molar-refractivity contribution < 1.29 is 18.8 Å². The van der Waals surface area contributed by atoms with Crippen LogP contribution in [0.3, 0.4) is 0 Å². The number of carbonyl (C=O) groups excluding carboxylic acids is 2. The van der Waals surface area contributed by atoms with Crippen molar-refractivity contribution in [3.63, 3.8) is 0 Å². The lowest BCUT2D eigenvalue weighted by atomic mass is 10.0. The van der Waals surface area contributed by atoms with Crippen LogP contribution in [-0.4, -0.2) is 30.2 Å². The van der Waals surface area contributed by atoms with Crippen LogP contribution < -0.4 is 5.32 Å². The van der Waals surface area contributed by atoms with Crippen molar-refractivity contribution in [2.24, 2.45) is 5.92 Å². The van der Waals surface area contributed by atoms with Crippen molar-refractivity contribution in [3.05, 3.63) is 17.5 Å². The second-order valence-corrected chi connectivity index (χ2v) is 5.57. The summed E-state index contributed by atoms with van der Waals surface area (Å²) in [6.07, 6.45) is 2.68. The van der Waals surface area contributed by atoms with Crippen molar-refractivity contribution in [1.82, 2.24) is 10.5 Å². The zero-order valence-electron chi connectivity index (χ0n) is 12.0. The zero-order valence-corrected chi connectivity index (χ0v) is 12.0. The van der Waals surface area contributed by atoms with E-state index >= 15 is 0 Å². The normalized spacial score (nSPS) is 16.0. The molecular formula is C14H20N2O4. The van der Waals surface area contributed by atoms with Crippen molar-refractivity contribution >= 4 is 11.9 Å². The maximum absolute atomic E-state index is 12.1. The zero-order chi connectivity index (χ0) is 14.7. The molecule has 1 aliphatic rings. The van der Waals surface area contributed by atoms with Crippen LogP contribution in [0.25, 0.3) is 0 Å². The highest BCUT2D eigenvalue weighted by atomic mass is 16.5. The van der Waals surface area contributed by atoms with E-state index in [1.165, 1.54) is 7.11 Å². The molecule has 1 saturated carbocycles. The molecule has 0 saturated heterocycles. The lowest BCUT2D eigenvalue weighted by Crippen LogP contribution is -2.42. The first-order valence-corrected chi connectivity index (χ1v) is 6.86. The summed E-state index contributed by atoms with van der Waals surface area (Å²) in [4.78, 5) is 23.7. The molecule has 6 nitrogen and oxygen atoms in total. The van der Waals surface area contributed by atoms with Crippen LogP contribution in [0.2, 0.25) is 0 Å². The molecule has 1 aromatic heterocycles. The number of methoxy groups -OCH3 is 1. The minimum atomic E-state index is -0.659. The summed E-state index contributed by atoms with van der Waals surface area (Å²) in [7, 11) is 1.31. The predicted octanol–water partition coefficient (Wildman–Crippen LogP) is 1.87. The van der Waals surface area contributed by atoms with Gasteiger partial charge in [-0.3, -0.25) is 4.79 Å². The van der Waals surface area contributed by atoms with Gasteiger partial charge in [-0.25, -0.2) is 4.79 Å². The van der Waals surface area contributed by atoms with Crippen LogP contribution in [0.15, 0.2) is 10.6 Å². The topological polar surface area (TPSA) is 81.4 Å². The van der Waals surface area contributed by atoms with E-state index in [4.69, 9.17) is 9.26 Å². The van der Waals surface area contributed by atoms with Gasteiger partial charge in [-0.05, 0) is 25.2 Å². The lowest BCUT2D eigenvalue weighted by Gasteiger charge is -2.17. The molecule has 1 N–H and O–H groups in total. The van der Waals surface area contributed by atoms with Gasteiger partial charge in [0, 0.05) is 12.0 Å². The Hall–Kier alpha value is -1.85. The Morgan fingerprint density at radius 2 is 2.20 bits per heavy atom. The summed E-state index contributed by atoms with van der Waals surface area (Å²) >= 11 is 0. The summed E-state index contributed by atoms with van der Waals surface area (Å²) in [5.74, 6) is 0.554. The first-order valence-electron chi connectivity index (χ1n) is 6.86. The first kappa shape index (κ1) is 14.6. The van der Waals surface area contributed by atoms with E-state index in [0.717, 1.165) is 18.6 Å². The Morgan fingerprint density at radius 3 is 2.75 bits per heavy atom. The Bertz CT molecular complexity index is 491. The van der Waals surface area contributed by atoms with Crippen LogP contribution in [0.1, 0.15) is 55.3 Å². The number of ether oxygens (including phenoxy) is 1. The molecule has 0 bridgehead atoms. The van der Waals surface area contributed by atoms with Crippen molar-refractivity contribution in [2.75, 3.05) is 7.11 Å². The molecule has 20 heavy (non-hydrogen) atoms. The third-order valence-corrected chi connectivity index (χ3v) is 3.24. The number of hydrogen-bond donors (Lipinski definition) is 1. The summed E-state index contributed by atoms with van der Waals surface area (Å²) in [5.41, 5.74) is 0.213. The fourth-order valence-electron chi connectivity index (χ4n) is 2.02. The highest BCUT2D eigenvalue weighted by Crippen LogP contribution is 2.40. The highest BCUT2D eigenvalue weighted by Gasteiger charge is 2.30. The van der Waals surface area contributed by atoms with Crippen LogP contribution in [0.5, 0.6) is 0 Å². The highest BCUT2D eigenvalue weighted by molar-refractivity contribution is 5.95. The van der Waals surface area contributed by atoms with Crippen molar-refractivity contribution in [3.8, 4) is 0 Å². The van der Waals surface area contributed by atoms with E-state index in [9.17, 15) is 9.59 Å². The molecule has 1 fully saturated rings. The average Bonchev–Trinajstić information content (AvgIpc) is 3.14. The predicted molar refractivity (Wildman–Crippen MR) is 71.2 cm³/mol. The summed E-state index contributed by atoms with van der Waals surface area (Å²) in [6.45, 7) is 3.95. The van der Waals surface area contributed by atoms with Crippen LogP contribution in [-0.2, 0) is 9.53 Å². The molecule has 1 aromatic rings. The summed E-state index contributed by atoms with van der Waals surface area (Å²) in [6, 6.07) is 0.991. The van der Waals surface area contributed by atoms with E-state index in [-0.39, 0.29) is 11.6 Å². The first-order chi connectivity index (χ1) is 9.51. The van der Waals surface area contributed by atoms with Gasteiger partial charge in [0.25, 0.3) is 5.91 Å². The Labute approximate surface area is 117 Å². The molecule has 0 radical (unpaired) electrons. The largest absolute Gasteiger partial charge is 0.467 e. The average molecular weight is 280 g/mol. The molecule has 0 aliphatic heterocycles. The molecule has 2 rings (SSSR count). The van der Waals surface area contributed by atoms with Crippen molar-refractivity contribution in [2.45, 2.75) is 45.1 Å². The molecule has 0 unspecified atom stereocenters. The summed E-state index contributed by atoms with van der Waals surface area (Å²) < 4.78 is 9.84. The second kappa shape index (κ2) is 6.07. The number of nitrogens with zero attached hydrogens (tertiary/aromatic N) is 1. The Kier molecular flexibility index (Phi) is 4.42. The number of nitrogens with one attached hydrogen (secondary N) is 1. The van der Waals surface area contributed by atoms with Gasteiger partial charge in [-0.2, -0.15) is 0 Å². The van der Waals surface area contributed by atoms with Gasteiger partial charge in [0.15, 0.2) is 5.69 Å². The van der Waals surface area contributed by atoms with Gasteiger partial charge in [0.2, 0.25) is 0 Å². The fourth-order valence-corrected chi connectivity index (χ4v) is 2.02. The van der Waals surface area contributed by atoms with Crippen LogP contribution in [0.4, 0.5) is 0 Å². The molecule has 0 spiro atoms. The molecular weight excluding hydrogens is 260 g/mol. The van der Waals surface area contributed by atoms with Gasteiger partial charge in [-0.15, -0.1) is 0 Å². The molecule has 110 valence electrons. The second-order valence-electron chi connectivity index (χ2n) is 5.57. The molecule has 1 atom stereocenters. The van der Waals surface area contributed by atoms with Gasteiger partial charge < -0.3 is 14.6 Å². The third-order valence-electron chi connectivity index (χ3n) is 3.24. The van der Waals surface area contributed by atoms with E-state index in [2.05, 4.69) is 10.5 Å². The Balaban J connectivity index is 2.00. The number of rotatable bonds is 6. The van der Waals surface area contributed by atoms with Gasteiger partial charge in [0.05, 0.1) is 7.11 Å². The van der Waals surface area contributed by atoms with E-state index < -0.39 is 17.9 Å². The number of esters is 1. The van der Waals surface area contributed by atoms with Crippen LogP contribution in [0, 0.1) is 5.92 Å². The molecule has 6 heteroatoms. The molecule has 1 amide bonds. The molecule has 1 aliphatic carbocycles. The maximum atomic E-state index is 12.1. The van der Waals surface area contributed by atoms with E-state index in [1.807, 2.05) is 13.8 Å². The fraction of sp³-hybridized carbons (Fsp3) is 0.643. The van der Waals surface area contributed by atoms with E-state index in [1.54, 1.807) is 6.07 Å². The number of aromatic nitrogens is 1. The molecule has 0 aromatic carbocycles. The van der Waals surface area contributed by atoms with Crippen LogP contribution >= 0.6 is 0 Å². The Morgan fingerprint density at radius 1 is 1.50 bits per heavy atom. The number of hydrogen-bond acceptors (Lipinski definition) is 5.